The average Bonchev–Trinajstić information content (AvgIpc) is 2.72. The van der Waals surface area contributed by atoms with E-state index in [4.69, 9.17) is 18.6 Å². The lowest BCUT2D eigenvalue weighted by Gasteiger charge is -2.16. The minimum Gasteiger partial charge on any atom is -0.496 e. The number of hydrogen-bond donors (Lipinski definition) is 0. The molecule has 3 rings (SSSR count). The fourth-order valence-corrected chi connectivity index (χ4v) is 2.93. The Hall–Kier alpha value is -3.28. The van der Waals surface area contributed by atoms with Crippen LogP contribution in [0.2, 0.25) is 0 Å². The Morgan fingerprint density at radius 1 is 1.11 bits per heavy atom. The van der Waals surface area contributed by atoms with Crippen LogP contribution >= 0.6 is 0 Å². The maximum absolute atomic E-state index is 12.9. The van der Waals surface area contributed by atoms with Crippen LogP contribution in [0.4, 0.5) is 0 Å². The third-order valence-electron chi connectivity index (χ3n) is 4.34. The van der Waals surface area contributed by atoms with Crippen LogP contribution in [-0.2, 0) is 9.53 Å². The Labute approximate surface area is 162 Å². The molecular formula is C22H22O6. The van der Waals surface area contributed by atoms with Crippen LogP contribution in [0, 0.1) is 0 Å². The highest BCUT2D eigenvalue weighted by atomic mass is 16.6. The molecular weight excluding hydrogens is 360 g/mol. The van der Waals surface area contributed by atoms with Gasteiger partial charge in [0.05, 0.1) is 24.7 Å². The maximum atomic E-state index is 12.9. The summed E-state index contributed by atoms with van der Waals surface area (Å²) < 4.78 is 21.8. The Bertz CT molecular complexity index is 1040. The zero-order chi connectivity index (χ0) is 20.1. The molecule has 2 aromatic carbocycles. The van der Waals surface area contributed by atoms with Gasteiger partial charge >= 0.3 is 5.97 Å². The van der Waals surface area contributed by atoms with E-state index in [1.54, 1.807) is 44.4 Å². The van der Waals surface area contributed by atoms with Gasteiger partial charge in [-0.05, 0) is 31.5 Å². The molecule has 1 heterocycles. The third-order valence-corrected chi connectivity index (χ3v) is 4.34. The molecule has 6 heteroatoms. The van der Waals surface area contributed by atoms with Gasteiger partial charge in [-0.2, -0.15) is 0 Å². The first-order valence-corrected chi connectivity index (χ1v) is 9.11. The molecule has 3 aromatic rings. The van der Waals surface area contributed by atoms with E-state index in [1.807, 2.05) is 19.1 Å². The fourth-order valence-electron chi connectivity index (χ4n) is 2.93. The van der Waals surface area contributed by atoms with Gasteiger partial charge in [-0.1, -0.05) is 25.1 Å². The molecule has 28 heavy (non-hydrogen) atoms. The Morgan fingerprint density at radius 2 is 1.89 bits per heavy atom. The first kappa shape index (κ1) is 19.5. The first-order chi connectivity index (χ1) is 13.6. The molecule has 0 aliphatic carbocycles. The molecule has 0 saturated heterocycles. The van der Waals surface area contributed by atoms with Crippen molar-refractivity contribution in [2.24, 2.45) is 0 Å². The standard InChI is InChI=1S/C22H22O6/c1-4-18(22(24)26-5-2)28-14-10-11-16-20(12-14)27-13-17(21(16)23)15-8-6-7-9-19(15)25-3/h6-13,18H,4-5H2,1-3H3. The van der Waals surface area contributed by atoms with Gasteiger partial charge < -0.3 is 18.6 Å². The highest BCUT2D eigenvalue weighted by molar-refractivity contribution is 5.84. The second kappa shape index (κ2) is 8.61. The highest BCUT2D eigenvalue weighted by Gasteiger charge is 2.20. The van der Waals surface area contributed by atoms with Crippen molar-refractivity contribution in [3.8, 4) is 22.6 Å². The number of para-hydroxylation sites is 1. The molecule has 0 aliphatic heterocycles. The molecule has 146 valence electrons. The lowest BCUT2D eigenvalue weighted by molar-refractivity contribution is -0.151. The topological polar surface area (TPSA) is 75.0 Å². The molecule has 0 saturated carbocycles. The number of benzene rings is 2. The van der Waals surface area contributed by atoms with E-state index >= 15 is 0 Å². The van der Waals surface area contributed by atoms with E-state index in [2.05, 4.69) is 0 Å². The van der Waals surface area contributed by atoms with Crippen LogP contribution in [0.25, 0.3) is 22.1 Å². The van der Waals surface area contributed by atoms with Crippen molar-refractivity contribution < 1.29 is 23.4 Å². The number of esters is 1. The molecule has 0 amide bonds. The van der Waals surface area contributed by atoms with E-state index < -0.39 is 12.1 Å². The smallest absolute Gasteiger partial charge is 0.347 e. The summed E-state index contributed by atoms with van der Waals surface area (Å²) in [4.78, 5) is 24.9. The molecule has 0 fully saturated rings. The van der Waals surface area contributed by atoms with Crippen molar-refractivity contribution in [1.29, 1.82) is 0 Å². The van der Waals surface area contributed by atoms with Crippen LogP contribution in [0.1, 0.15) is 20.3 Å². The van der Waals surface area contributed by atoms with Gasteiger partial charge in [0.15, 0.2) is 6.10 Å². The molecule has 0 aliphatic rings. The summed E-state index contributed by atoms with van der Waals surface area (Å²) in [5.41, 5.74) is 1.28. The summed E-state index contributed by atoms with van der Waals surface area (Å²) >= 11 is 0. The lowest BCUT2D eigenvalue weighted by Crippen LogP contribution is -2.28. The summed E-state index contributed by atoms with van der Waals surface area (Å²) in [6.45, 7) is 3.87. The predicted molar refractivity (Wildman–Crippen MR) is 106 cm³/mol. The molecule has 0 radical (unpaired) electrons. The van der Waals surface area contributed by atoms with Gasteiger partial charge in [-0.15, -0.1) is 0 Å². The molecule has 1 aromatic heterocycles. The van der Waals surface area contributed by atoms with Gasteiger partial charge in [0.25, 0.3) is 0 Å². The SMILES string of the molecule is CCOC(=O)C(CC)Oc1ccc2c(=O)c(-c3ccccc3OC)coc2c1. The number of hydrogen-bond acceptors (Lipinski definition) is 6. The van der Waals surface area contributed by atoms with Gasteiger partial charge in [0, 0.05) is 11.6 Å². The van der Waals surface area contributed by atoms with Crippen molar-refractivity contribution >= 4 is 16.9 Å². The summed E-state index contributed by atoms with van der Waals surface area (Å²) in [6, 6.07) is 12.1. The Morgan fingerprint density at radius 3 is 2.61 bits per heavy atom. The maximum Gasteiger partial charge on any atom is 0.347 e. The highest BCUT2D eigenvalue weighted by Crippen LogP contribution is 2.29. The fraction of sp³-hybridized carbons (Fsp3) is 0.273. The van der Waals surface area contributed by atoms with Gasteiger partial charge in [0.2, 0.25) is 5.43 Å². The molecule has 0 N–H and O–H groups in total. The zero-order valence-corrected chi connectivity index (χ0v) is 16.1. The van der Waals surface area contributed by atoms with Gasteiger partial charge in [-0.25, -0.2) is 4.79 Å². The monoisotopic (exact) mass is 382 g/mol. The van der Waals surface area contributed by atoms with Crippen molar-refractivity contribution in [2.75, 3.05) is 13.7 Å². The van der Waals surface area contributed by atoms with Crippen LogP contribution in [-0.4, -0.2) is 25.8 Å². The summed E-state index contributed by atoms with van der Waals surface area (Å²) in [5, 5.41) is 0.417. The summed E-state index contributed by atoms with van der Waals surface area (Å²) in [5.74, 6) is 0.605. The first-order valence-electron chi connectivity index (χ1n) is 9.11. The zero-order valence-electron chi connectivity index (χ0n) is 16.1. The van der Waals surface area contributed by atoms with Gasteiger partial charge in [-0.3, -0.25) is 4.79 Å². The number of fused-ring (bicyclic) bond motifs is 1. The van der Waals surface area contributed by atoms with Crippen molar-refractivity contribution in [3.63, 3.8) is 0 Å². The largest absolute Gasteiger partial charge is 0.496 e. The van der Waals surface area contributed by atoms with Crippen molar-refractivity contribution in [3.05, 3.63) is 59.0 Å². The lowest BCUT2D eigenvalue weighted by atomic mass is 10.0. The number of carbonyl (C=O) groups excluding carboxylic acids is 1. The molecule has 0 bridgehead atoms. The van der Waals surface area contributed by atoms with E-state index in [0.717, 1.165) is 0 Å². The molecule has 1 unspecified atom stereocenters. The Balaban J connectivity index is 1.97. The second-order valence-electron chi connectivity index (χ2n) is 6.10. The predicted octanol–water partition coefficient (Wildman–Crippen LogP) is 4.19. The molecule has 6 nitrogen and oxygen atoms in total. The van der Waals surface area contributed by atoms with Crippen molar-refractivity contribution in [2.45, 2.75) is 26.4 Å². The van der Waals surface area contributed by atoms with E-state index in [9.17, 15) is 9.59 Å². The van der Waals surface area contributed by atoms with Gasteiger partial charge in [0.1, 0.15) is 23.3 Å². The van der Waals surface area contributed by atoms with Crippen LogP contribution in [0.3, 0.4) is 0 Å². The van der Waals surface area contributed by atoms with Crippen molar-refractivity contribution in [1.82, 2.24) is 0 Å². The quantitative estimate of drug-likeness (QED) is 0.571. The molecule has 1 atom stereocenters. The summed E-state index contributed by atoms with van der Waals surface area (Å²) in [6.07, 6.45) is 1.17. The van der Waals surface area contributed by atoms with Crippen LogP contribution in [0.5, 0.6) is 11.5 Å². The average molecular weight is 382 g/mol. The minimum atomic E-state index is -0.711. The second-order valence-corrected chi connectivity index (χ2v) is 6.10. The third kappa shape index (κ3) is 3.86. The van der Waals surface area contributed by atoms with Crippen LogP contribution in [0.15, 0.2) is 57.9 Å². The number of carbonyl (C=O) groups is 1. The normalized spacial score (nSPS) is 11.8. The van der Waals surface area contributed by atoms with Crippen LogP contribution < -0.4 is 14.9 Å². The number of methoxy groups -OCH3 is 1. The summed E-state index contributed by atoms with van der Waals surface area (Å²) in [7, 11) is 1.55. The Kier molecular flexibility index (Phi) is 5.99. The van der Waals surface area contributed by atoms with E-state index in [1.165, 1.54) is 6.26 Å². The number of rotatable bonds is 7. The van der Waals surface area contributed by atoms with E-state index in [-0.39, 0.29) is 12.0 Å². The minimum absolute atomic E-state index is 0.172. The molecule has 0 spiro atoms. The number of ether oxygens (including phenoxy) is 3. The van der Waals surface area contributed by atoms with E-state index in [0.29, 0.717) is 40.0 Å².